The molecule has 2 N–H and O–H groups in total. The lowest BCUT2D eigenvalue weighted by molar-refractivity contribution is 0.261. The average Bonchev–Trinajstić information content (AvgIpc) is 2.60. The molecule has 1 heterocycles. The first-order chi connectivity index (χ1) is 7.63. The van der Waals surface area contributed by atoms with E-state index in [0.717, 1.165) is 25.1 Å². The van der Waals surface area contributed by atoms with Crippen molar-refractivity contribution < 1.29 is 4.39 Å². The van der Waals surface area contributed by atoms with Crippen LogP contribution in [0.25, 0.3) is 0 Å². The normalized spacial score (nSPS) is 26.2. The minimum absolute atomic E-state index is 0.0860. The fourth-order valence-electron chi connectivity index (χ4n) is 2.41. The zero-order valence-electron chi connectivity index (χ0n) is 9.29. The number of rotatable bonds is 2. The van der Waals surface area contributed by atoms with Crippen molar-refractivity contribution in [2.24, 2.45) is 5.73 Å². The Morgan fingerprint density at radius 3 is 2.94 bits per heavy atom. The molecule has 4 heteroatoms. The lowest BCUT2D eigenvalue weighted by Gasteiger charge is -2.26. The van der Waals surface area contributed by atoms with Gasteiger partial charge in [0.05, 0.1) is 6.04 Å². The van der Waals surface area contributed by atoms with E-state index >= 15 is 0 Å². The molecule has 0 aliphatic carbocycles. The van der Waals surface area contributed by atoms with Gasteiger partial charge in [-0.1, -0.05) is 24.6 Å². The molecule has 2 atom stereocenters. The molecule has 0 bridgehead atoms. The van der Waals surface area contributed by atoms with Crippen molar-refractivity contribution in [3.8, 4) is 0 Å². The van der Waals surface area contributed by atoms with E-state index in [0.29, 0.717) is 5.02 Å². The van der Waals surface area contributed by atoms with Gasteiger partial charge in [0.15, 0.2) is 0 Å². The molecule has 1 fully saturated rings. The van der Waals surface area contributed by atoms with Gasteiger partial charge in [-0.15, -0.1) is 0 Å². The SMILES string of the molecule is CCN1CCC(N)C1c1ccc(F)cc1Cl. The van der Waals surface area contributed by atoms with Crippen LogP contribution in [0.3, 0.4) is 0 Å². The standard InChI is InChI=1S/C12H16ClFN2/c1-2-16-6-5-11(15)12(16)9-4-3-8(14)7-10(9)13/h3-4,7,11-12H,2,5-6,15H2,1H3. The molecule has 16 heavy (non-hydrogen) atoms. The van der Waals surface area contributed by atoms with E-state index in [1.54, 1.807) is 6.07 Å². The number of hydrogen-bond donors (Lipinski definition) is 1. The zero-order chi connectivity index (χ0) is 11.7. The van der Waals surface area contributed by atoms with Gasteiger partial charge in [0.2, 0.25) is 0 Å². The Bertz CT molecular complexity index is 383. The highest BCUT2D eigenvalue weighted by Crippen LogP contribution is 2.35. The summed E-state index contributed by atoms with van der Waals surface area (Å²) in [5, 5.41) is 0.473. The summed E-state index contributed by atoms with van der Waals surface area (Å²) in [7, 11) is 0. The summed E-state index contributed by atoms with van der Waals surface area (Å²) >= 11 is 6.07. The topological polar surface area (TPSA) is 29.3 Å². The second-order valence-corrected chi connectivity index (χ2v) is 4.60. The highest BCUT2D eigenvalue weighted by Gasteiger charge is 2.32. The maximum absolute atomic E-state index is 13.0. The van der Waals surface area contributed by atoms with Gasteiger partial charge in [-0.25, -0.2) is 4.39 Å². The van der Waals surface area contributed by atoms with Crippen LogP contribution in [0.15, 0.2) is 18.2 Å². The molecule has 2 rings (SSSR count). The second kappa shape index (κ2) is 4.70. The minimum atomic E-state index is -0.302. The van der Waals surface area contributed by atoms with Gasteiger partial charge in [0, 0.05) is 17.6 Å². The van der Waals surface area contributed by atoms with Crippen molar-refractivity contribution in [1.82, 2.24) is 4.90 Å². The van der Waals surface area contributed by atoms with Crippen LogP contribution in [0.1, 0.15) is 24.9 Å². The van der Waals surface area contributed by atoms with Gasteiger partial charge in [0.25, 0.3) is 0 Å². The van der Waals surface area contributed by atoms with E-state index in [1.807, 2.05) is 0 Å². The lowest BCUT2D eigenvalue weighted by atomic mass is 10.0. The first-order valence-electron chi connectivity index (χ1n) is 5.58. The summed E-state index contributed by atoms with van der Waals surface area (Å²) in [6.07, 6.45) is 0.964. The summed E-state index contributed by atoms with van der Waals surface area (Å²) in [4.78, 5) is 2.28. The van der Waals surface area contributed by atoms with E-state index in [-0.39, 0.29) is 17.9 Å². The minimum Gasteiger partial charge on any atom is -0.326 e. The lowest BCUT2D eigenvalue weighted by Crippen LogP contribution is -2.31. The third-order valence-electron chi connectivity index (χ3n) is 3.24. The number of likely N-dealkylation sites (tertiary alicyclic amines) is 1. The molecule has 1 aliphatic rings. The summed E-state index contributed by atoms with van der Waals surface area (Å²) in [5.74, 6) is -0.302. The highest BCUT2D eigenvalue weighted by molar-refractivity contribution is 6.31. The van der Waals surface area contributed by atoms with Gasteiger partial charge in [0.1, 0.15) is 5.82 Å². The van der Waals surface area contributed by atoms with Crippen LogP contribution in [-0.2, 0) is 0 Å². The summed E-state index contributed by atoms with van der Waals surface area (Å²) < 4.78 is 13.0. The van der Waals surface area contributed by atoms with Crippen LogP contribution in [0.2, 0.25) is 5.02 Å². The van der Waals surface area contributed by atoms with E-state index in [1.165, 1.54) is 12.1 Å². The van der Waals surface area contributed by atoms with Crippen molar-refractivity contribution in [1.29, 1.82) is 0 Å². The Morgan fingerprint density at radius 2 is 2.31 bits per heavy atom. The number of benzene rings is 1. The molecule has 1 saturated heterocycles. The molecular weight excluding hydrogens is 227 g/mol. The van der Waals surface area contributed by atoms with Crippen molar-refractivity contribution >= 4 is 11.6 Å². The molecule has 0 radical (unpaired) electrons. The molecule has 88 valence electrons. The van der Waals surface area contributed by atoms with Crippen molar-refractivity contribution in [2.45, 2.75) is 25.4 Å². The van der Waals surface area contributed by atoms with Crippen LogP contribution in [-0.4, -0.2) is 24.0 Å². The highest BCUT2D eigenvalue weighted by atomic mass is 35.5. The van der Waals surface area contributed by atoms with Crippen molar-refractivity contribution in [3.05, 3.63) is 34.6 Å². The monoisotopic (exact) mass is 242 g/mol. The van der Waals surface area contributed by atoms with E-state index in [4.69, 9.17) is 17.3 Å². The summed E-state index contributed by atoms with van der Waals surface area (Å²) in [6, 6.07) is 4.76. The van der Waals surface area contributed by atoms with Gasteiger partial charge in [-0.05, 0) is 30.7 Å². The average molecular weight is 243 g/mol. The predicted octanol–water partition coefficient (Wildman–Crippen LogP) is 2.57. The third-order valence-corrected chi connectivity index (χ3v) is 3.56. The maximum atomic E-state index is 13.0. The molecular formula is C12H16ClFN2. The molecule has 1 aromatic carbocycles. The predicted molar refractivity (Wildman–Crippen MR) is 64.0 cm³/mol. The molecule has 0 aromatic heterocycles. The Labute approximate surface area is 100 Å². The van der Waals surface area contributed by atoms with E-state index in [9.17, 15) is 4.39 Å². The largest absolute Gasteiger partial charge is 0.326 e. The van der Waals surface area contributed by atoms with Gasteiger partial charge < -0.3 is 5.73 Å². The fourth-order valence-corrected chi connectivity index (χ4v) is 2.69. The smallest absolute Gasteiger partial charge is 0.124 e. The summed E-state index contributed by atoms with van der Waals surface area (Å²) in [6.45, 7) is 4.02. The number of halogens is 2. The quantitative estimate of drug-likeness (QED) is 0.864. The van der Waals surface area contributed by atoms with E-state index < -0.39 is 0 Å². The molecule has 0 saturated carbocycles. The van der Waals surface area contributed by atoms with E-state index in [2.05, 4.69) is 11.8 Å². The molecule has 1 aliphatic heterocycles. The van der Waals surface area contributed by atoms with Gasteiger partial charge in [-0.3, -0.25) is 4.90 Å². The number of nitrogens with zero attached hydrogens (tertiary/aromatic N) is 1. The Morgan fingerprint density at radius 1 is 1.56 bits per heavy atom. The Hall–Kier alpha value is -0.640. The molecule has 2 unspecified atom stereocenters. The molecule has 0 spiro atoms. The Kier molecular flexibility index (Phi) is 3.47. The van der Waals surface area contributed by atoms with Crippen LogP contribution in [0.4, 0.5) is 4.39 Å². The van der Waals surface area contributed by atoms with Crippen molar-refractivity contribution in [3.63, 3.8) is 0 Å². The van der Waals surface area contributed by atoms with Crippen LogP contribution in [0, 0.1) is 5.82 Å². The number of likely N-dealkylation sites (N-methyl/N-ethyl adjacent to an activating group) is 1. The zero-order valence-corrected chi connectivity index (χ0v) is 10.0. The van der Waals surface area contributed by atoms with Gasteiger partial charge >= 0.3 is 0 Å². The molecule has 1 aromatic rings. The first kappa shape index (κ1) is 11.8. The number of hydrogen-bond acceptors (Lipinski definition) is 2. The number of nitrogens with two attached hydrogens (primary N) is 1. The first-order valence-corrected chi connectivity index (χ1v) is 5.96. The van der Waals surface area contributed by atoms with Crippen molar-refractivity contribution in [2.75, 3.05) is 13.1 Å². The molecule has 0 amide bonds. The Balaban J connectivity index is 2.34. The van der Waals surface area contributed by atoms with Crippen LogP contribution >= 0.6 is 11.6 Å². The fraction of sp³-hybridized carbons (Fsp3) is 0.500. The maximum Gasteiger partial charge on any atom is 0.124 e. The second-order valence-electron chi connectivity index (χ2n) is 4.19. The molecule has 2 nitrogen and oxygen atoms in total. The van der Waals surface area contributed by atoms with Crippen LogP contribution < -0.4 is 5.73 Å². The van der Waals surface area contributed by atoms with Gasteiger partial charge in [-0.2, -0.15) is 0 Å². The summed E-state index contributed by atoms with van der Waals surface area (Å²) in [5.41, 5.74) is 7.03. The van der Waals surface area contributed by atoms with Crippen LogP contribution in [0.5, 0.6) is 0 Å². The third kappa shape index (κ3) is 2.08.